The molecule has 0 aromatic heterocycles. The number of hydrogen-bond acceptors (Lipinski definition) is 4. The molecule has 5 heteroatoms. The van der Waals surface area contributed by atoms with Crippen LogP contribution in [-0.2, 0) is 4.74 Å². The van der Waals surface area contributed by atoms with Gasteiger partial charge >= 0.3 is 6.09 Å². The average molecular weight is 230 g/mol. The Hall–Kier alpha value is -0.810. The lowest BCUT2D eigenvalue weighted by Gasteiger charge is -2.33. The number of rotatable bonds is 5. The maximum atomic E-state index is 11.6. The Balaban J connectivity index is 2.17. The van der Waals surface area contributed by atoms with Gasteiger partial charge in [0.2, 0.25) is 0 Å². The molecule has 5 nitrogen and oxygen atoms in total. The molecule has 0 aliphatic carbocycles. The number of unbranched alkanes of at least 4 members (excludes halogenated alkanes) is 1. The van der Waals surface area contributed by atoms with Crippen molar-refractivity contribution >= 4 is 6.09 Å². The molecule has 0 spiro atoms. The van der Waals surface area contributed by atoms with E-state index >= 15 is 0 Å². The van der Waals surface area contributed by atoms with Crippen molar-refractivity contribution in [2.24, 2.45) is 0 Å². The van der Waals surface area contributed by atoms with Gasteiger partial charge in [0.05, 0.1) is 13.2 Å². The number of β-amino-alcohol motifs (C(OH)–C–C–N with tert-alkyl or cyclic N) is 1. The number of nitrogens with zero attached hydrogens (tertiary/aromatic N) is 2. The predicted molar refractivity (Wildman–Crippen MR) is 61.4 cm³/mol. The Labute approximate surface area is 97.0 Å². The van der Waals surface area contributed by atoms with E-state index in [1.807, 2.05) is 0 Å². The fourth-order valence-electron chi connectivity index (χ4n) is 1.69. The van der Waals surface area contributed by atoms with E-state index in [2.05, 4.69) is 11.8 Å². The summed E-state index contributed by atoms with van der Waals surface area (Å²) in [6.45, 7) is 6.51. The topological polar surface area (TPSA) is 53.0 Å². The molecule has 16 heavy (non-hydrogen) atoms. The highest BCUT2D eigenvalue weighted by Gasteiger charge is 2.21. The monoisotopic (exact) mass is 230 g/mol. The van der Waals surface area contributed by atoms with Gasteiger partial charge in [-0.2, -0.15) is 0 Å². The van der Waals surface area contributed by atoms with Crippen molar-refractivity contribution in [3.05, 3.63) is 0 Å². The van der Waals surface area contributed by atoms with Crippen molar-refractivity contribution in [2.45, 2.75) is 19.8 Å². The summed E-state index contributed by atoms with van der Waals surface area (Å²) in [6, 6.07) is 0. The Morgan fingerprint density at radius 1 is 1.31 bits per heavy atom. The summed E-state index contributed by atoms with van der Waals surface area (Å²) in [4.78, 5) is 15.5. The maximum Gasteiger partial charge on any atom is 0.409 e. The van der Waals surface area contributed by atoms with Gasteiger partial charge in [-0.1, -0.05) is 13.3 Å². The molecule has 1 aliphatic heterocycles. The highest BCUT2D eigenvalue weighted by atomic mass is 16.6. The van der Waals surface area contributed by atoms with Gasteiger partial charge in [0.25, 0.3) is 0 Å². The third-order valence-corrected chi connectivity index (χ3v) is 2.77. The molecule has 0 saturated carbocycles. The molecule has 1 amide bonds. The van der Waals surface area contributed by atoms with E-state index in [4.69, 9.17) is 9.84 Å². The molecule has 1 rings (SSSR count). The summed E-state index contributed by atoms with van der Waals surface area (Å²) in [5.74, 6) is 0. The number of amides is 1. The molecular weight excluding hydrogens is 208 g/mol. The van der Waals surface area contributed by atoms with Crippen LogP contribution in [0.3, 0.4) is 0 Å². The number of ether oxygens (including phenoxy) is 1. The van der Waals surface area contributed by atoms with Crippen LogP contribution in [0.4, 0.5) is 4.79 Å². The lowest BCUT2D eigenvalue weighted by Crippen LogP contribution is -2.49. The number of hydrogen-bond donors (Lipinski definition) is 1. The first kappa shape index (κ1) is 13.3. The van der Waals surface area contributed by atoms with E-state index in [1.54, 1.807) is 4.90 Å². The fourth-order valence-corrected chi connectivity index (χ4v) is 1.69. The van der Waals surface area contributed by atoms with Gasteiger partial charge in [0.15, 0.2) is 0 Å². The van der Waals surface area contributed by atoms with Gasteiger partial charge in [-0.3, -0.25) is 4.90 Å². The Morgan fingerprint density at radius 3 is 2.56 bits per heavy atom. The maximum absolute atomic E-state index is 11.6. The molecule has 1 saturated heterocycles. The third-order valence-electron chi connectivity index (χ3n) is 2.77. The standard InChI is InChI=1S/C11H22N2O3/c1-2-3-10-16-11(15)13-6-4-12(5-7-13)8-9-14/h14H,2-10H2,1H3. The minimum Gasteiger partial charge on any atom is -0.449 e. The van der Waals surface area contributed by atoms with Crippen LogP contribution in [0.5, 0.6) is 0 Å². The van der Waals surface area contributed by atoms with Gasteiger partial charge in [-0.05, 0) is 6.42 Å². The number of carbonyl (C=O) groups excluding carboxylic acids is 1. The zero-order chi connectivity index (χ0) is 11.8. The first-order valence-electron chi connectivity index (χ1n) is 6.03. The van der Waals surface area contributed by atoms with Gasteiger partial charge in [0.1, 0.15) is 0 Å². The average Bonchev–Trinajstić information content (AvgIpc) is 2.30. The van der Waals surface area contributed by atoms with Crippen molar-refractivity contribution in [1.82, 2.24) is 9.80 Å². The summed E-state index contributed by atoms with van der Waals surface area (Å²) in [7, 11) is 0. The van der Waals surface area contributed by atoms with E-state index in [0.29, 0.717) is 26.2 Å². The molecule has 0 aromatic rings. The van der Waals surface area contributed by atoms with Crippen LogP contribution in [0.15, 0.2) is 0 Å². The van der Waals surface area contributed by atoms with Crippen LogP contribution in [0.25, 0.3) is 0 Å². The summed E-state index contributed by atoms with van der Waals surface area (Å²) >= 11 is 0. The molecule has 94 valence electrons. The predicted octanol–water partition coefficient (Wildman–Crippen LogP) is 0.533. The van der Waals surface area contributed by atoms with E-state index < -0.39 is 0 Å². The molecule has 0 bridgehead atoms. The Kier molecular flexibility index (Phi) is 6.18. The highest BCUT2D eigenvalue weighted by molar-refractivity contribution is 5.67. The van der Waals surface area contributed by atoms with Gasteiger partial charge in [0, 0.05) is 32.7 Å². The quantitative estimate of drug-likeness (QED) is 0.700. The summed E-state index contributed by atoms with van der Waals surface area (Å²) < 4.78 is 5.14. The molecular formula is C11H22N2O3. The fraction of sp³-hybridized carbons (Fsp3) is 0.909. The number of aliphatic hydroxyl groups excluding tert-OH is 1. The second-order valence-electron chi connectivity index (χ2n) is 4.02. The number of aliphatic hydroxyl groups is 1. The van der Waals surface area contributed by atoms with E-state index in [1.165, 1.54) is 0 Å². The van der Waals surface area contributed by atoms with Crippen LogP contribution in [0.2, 0.25) is 0 Å². The molecule has 0 aromatic carbocycles. The van der Waals surface area contributed by atoms with Crippen LogP contribution in [-0.4, -0.2) is 66.9 Å². The van der Waals surface area contributed by atoms with Crippen LogP contribution >= 0.6 is 0 Å². The molecule has 0 unspecified atom stereocenters. The SMILES string of the molecule is CCCCOC(=O)N1CCN(CCO)CC1. The van der Waals surface area contributed by atoms with Crippen molar-refractivity contribution in [2.75, 3.05) is 45.9 Å². The molecule has 1 N–H and O–H groups in total. The molecule has 1 aliphatic rings. The molecule has 0 atom stereocenters. The van der Waals surface area contributed by atoms with Crippen LogP contribution in [0, 0.1) is 0 Å². The second-order valence-corrected chi connectivity index (χ2v) is 4.02. The zero-order valence-electron chi connectivity index (χ0n) is 10.0. The number of carbonyl (C=O) groups is 1. The van der Waals surface area contributed by atoms with E-state index in [0.717, 1.165) is 25.9 Å². The molecule has 0 radical (unpaired) electrons. The summed E-state index contributed by atoms with van der Waals surface area (Å²) in [5.41, 5.74) is 0. The van der Waals surface area contributed by atoms with E-state index in [9.17, 15) is 4.79 Å². The molecule has 1 fully saturated rings. The van der Waals surface area contributed by atoms with Crippen molar-refractivity contribution in [1.29, 1.82) is 0 Å². The lowest BCUT2D eigenvalue weighted by atomic mass is 10.3. The summed E-state index contributed by atoms with van der Waals surface area (Å²) in [6.07, 6.45) is 1.77. The van der Waals surface area contributed by atoms with Gasteiger partial charge < -0.3 is 14.7 Å². The largest absolute Gasteiger partial charge is 0.449 e. The highest BCUT2D eigenvalue weighted by Crippen LogP contribution is 2.03. The zero-order valence-corrected chi connectivity index (χ0v) is 10.0. The van der Waals surface area contributed by atoms with E-state index in [-0.39, 0.29) is 12.7 Å². The first-order valence-corrected chi connectivity index (χ1v) is 6.03. The summed E-state index contributed by atoms with van der Waals surface area (Å²) in [5, 5.41) is 8.79. The Morgan fingerprint density at radius 2 is 2.00 bits per heavy atom. The lowest BCUT2D eigenvalue weighted by molar-refractivity contribution is 0.0708. The van der Waals surface area contributed by atoms with Gasteiger partial charge in [-0.25, -0.2) is 4.79 Å². The van der Waals surface area contributed by atoms with Crippen LogP contribution < -0.4 is 0 Å². The van der Waals surface area contributed by atoms with Gasteiger partial charge in [-0.15, -0.1) is 0 Å². The normalized spacial score (nSPS) is 17.5. The molecule has 1 heterocycles. The smallest absolute Gasteiger partial charge is 0.409 e. The van der Waals surface area contributed by atoms with Crippen molar-refractivity contribution in [3.8, 4) is 0 Å². The first-order chi connectivity index (χ1) is 7.77. The number of piperazine rings is 1. The minimum absolute atomic E-state index is 0.181. The minimum atomic E-state index is -0.197. The van der Waals surface area contributed by atoms with Crippen molar-refractivity contribution in [3.63, 3.8) is 0 Å². The Bertz CT molecular complexity index is 203. The second kappa shape index (κ2) is 7.46. The van der Waals surface area contributed by atoms with Crippen molar-refractivity contribution < 1.29 is 14.6 Å². The van der Waals surface area contributed by atoms with Crippen LogP contribution in [0.1, 0.15) is 19.8 Å². The third kappa shape index (κ3) is 4.37.